The van der Waals surface area contributed by atoms with E-state index in [1.54, 1.807) is 4.90 Å². The van der Waals surface area contributed by atoms with Crippen molar-refractivity contribution in [1.82, 2.24) is 15.1 Å². The second-order valence-corrected chi connectivity index (χ2v) is 6.90. The number of aromatic amines is 1. The van der Waals surface area contributed by atoms with Crippen LogP contribution in [0.3, 0.4) is 0 Å². The Morgan fingerprint density at radius 3 is 2.63 bits per heavy atom. The van der Waals surface area contributed by atoms with Gasteiger partial charge in [0.2, 0.25) is 0 Å². The van der Waals surface area contributed by atoms with Gasteiger partial charge in [0.05, 0.1) is 12.2 Å². The molecule has 0 aliphatic carbocycles. The van der Waals surface area contributed by atoms with E-state index in [1.165, 1.54) is 0 Å². The van der Waals surface area contributed by atoms with Crippen molar-refractivity contribution >= 4 is 6.09 Å². The van der Waals surface area contributed by atoms with E-state index in [0.717, 1.165) is 17.0 Å². The van der Waals surface area contributed by atoms with Crippen molar-refractivity contribution in [2.24, 2.45) is 0 Å². The van der Waals surface area contributed by atoms with E-state index in [4.69, 9.17) is 4.74 Å². The third kappa shape index (κ3) is 2.74. The Balaban J connectivity index is 2.24. The minimum absolute atomic E-state index is 0.157. The summed E-state index contributed by atoms with van der Waals surface area (Å²) in [6.07, 6.45) is -0.258. The van der Waals surface area contributed by atoms with Gasteiger partial charge in [0, 0.05) is 23.2 Å². The van der Waals surface area contributed by atoms with Gasteiger partial charge in [-0.05, 0) is 27.7 Å². The minimum atomic E-state index is -0.465. The van der Waals surface area contributed by atoms with Gasteiger partial charge in [-0.15, -0.1) is 0 Å². The van der Waals surface area contributed by atoms with Crippen LogP contribution < -0.4 is 0 Å². The standard InChI is InChI=1S/C14H23N3O2/c1-9-10-7-17(12(18)19-13(2,3)4)8-14(5,6)11(10)16-15-9/h7-8H2,1-6H3,(H,15,16). The summed E-state index contributed by atoms with van der Waals surface area (Å²) < 4.78 is 5.46. The summed E-state index contributed by atoms with van der Waals surface area (Å²) in [5, 5.41) is 7.39. The summed E-state index contributed by atoms with van der Waals surface area (Å²) in [5.74, 6) is 0. The molecule has 5 heteroatoms. The molecule has 106 valence electrons. The maximum absolute atomic E-state index is 12.2. The number of amides is 1. The predicted octanol–water partition coefficient (Wildman–Crippen LogP) is 2.75. The van der Waals surface area contributed by atoms with Crippen molar-refractivity contribution in [3.8, 4) is 0 Å². The SMILES string of the molecule is Cc1[nH]nc2c1CN(C(=O)OC(C)(C)C)CC2(C)C. The molecule has 1 aliphatic rings. The van der Waals surface area contributed by atoms with Crippen molar-refractivity contribution in [2.75, 3.05) is 6.54 Å². The molecule has 0 unspecified atom stereocenters. The number of carbonyl (C=O) groups is 1. The number of carbonyl (C=O) groups excluding carboxylic acids is 1. The Morgan fingerprint density at radius 1 is 1.42 bits per heavy atom. The molecule has 0 atom stereocenters. The molecule has 2 heterocycles. The maximum atomic E-state index is 12.2. The van der Waals surface area contributed by atoms with Crippen molar-refractivity contribution < 1.29 is 9.53 Å². The molecule has 0 bridgehead atoms. The highest BCUT2D eigenvalue weighted by Crippen LogP contribution is 2.33. The van der Waals surface area contributed by atoms with Crippen LogP contribution in [0.25, 0.3) is 0 Å². The molecule has 0 saturated carbocycles. The number of fused-ring (bicyclic) bond motifs is 1. The molecular formula is C14H23N3O2. The van der Waals surface area contributed by atoms with Crippen molar-refractivity contribution in [3.05, 3.63) is 17.0 Å². The summed E-state index contributed by atoms with van der Waals surface area (Å²) >= 11 is 0. The zero-order valence-electron chi connectivity index (χ0n) is 12.6. The van der Waals surface area contributed by atoms with Gasteiger partial charge in [-0.3, -0.25) is 5.10 Å². The molecule has 0 fully saturated rings. The molecule has 0 aromatic carbocycles. The molecule has 0 spiro atoms. The van der Waals surface area contributed by atoms with Crippen LogP contribution in [0, 0.1) is 6.92 Å². The summed E-state index contributed by atoms with van der Waals surface area (Å²) in [4.78, 5) is 14.0. The lowest BCUT2D eigenvalue weighted by molar-refractivity contribution is 0.0172. The Labute approximate surface area is 114 Å². The number of rotatable bonds is 0. The molecule has 1 aromatic heterocycles. The molecule has 19 heavy (non-hydrogen) atoms. The van der Waals surface area contributed by atoms with E-state index in [9.17, 15) is 4.79 Å². The van der Waals surface area contributed by atoms with Crippen molar-refractivity contribution in [1.29, 1.82) is 0 Å². The molecule has 5 nitrogen and oxygen atoms in total. The van der Waals surface area contributed by atoms with Crippen LogP contribution in [0.1, 0.15) is 51.6 Å². The zero-order valence-corrected chi connectivity index (χ0v) is 12.6. The fourth-order valence-electron chi connectivity index (χ4n) is 2.46. The summed E-state index contributed by atoms with van der Waals surface area (Å²) in [6.45, 7) is 13.0. The highest BCUT2D eigenvalue weighted by Gasteiger charge is 2.38. The predicted molar refractivity (Wildman–Crippen MR) is 73.0 cm³/mol. The zero-order chi connectivity index (χ0) is 14.4. The number of hydrogen-bond acceptors (Lipinski definition) is 3. The molecule has 2 rings (SSSR count). The van der Waals surface area contributed by atoms with Gasteiger partial charge in [-0.2, -0.15) is 5.10 Å². The van der Waals surface area contributed by atoms with Crippen LogP contribution in [0.5, 0.6) is 0 Å². The van der Waals surface area contributed by atoms with Gasteiger partial charge >= 0.3 is 6.09 Å². The highest BCUT2D eigenvalue weighted by atomic mass is 16.6. The number of nitrogens with one attached hydrogen (secondary N) is 1. The summed E-state index contributed by atoms with van der Waals surface area (Å²) in [5.41, 5.74) is 2.57. The fraction of sp³-hybridized carbons (Fsp3) is 0.714. The Bertz CT molecular complexity index is 497. The van der Waals surface area contributed by atoms with Crippen molar-refractivity contribution in [2.45, 2.75) is 59.1 Å². The monoisotopic (exact) mass is 265 g/mol. The molecule has 1 aliphatic heterocycles. The van der Waals surface area contributed by atoms with Crippen molar-refractivity contribution in [3.63, 3.8) is 0 Å². The number of aryl methyl sites for hydroxylation is 1. The molecule has 0 radical (unpaired) electrons. The van der Waals surface area contributed by atoms with Crippen LogP contribution in [0.4, 0.5) is 4.79 Å². The third-order valence-electron chi connectivity index (χ3n) is 3.30. The van der Waals surface area contributed by atoms with E-state index in [2.05, 4.69) is 24.0 Å². The van der Waals surface area contributed by atoms with Crippen LogP contribution in [-0.2, 0) is 16.7 Å². The lowest BCUT2D eigenvalue weighted by Crippen LogP contribution is -2.46. The average Bonchev–Trinajstić information content (AvgIpc) is 2.58. The first-order valence-electron chi connectivity index (χ1n) is 6.62. The molecule has 1 aromatic rings. The maximum Gasteiger partial charge on any atom is 0.410 e. The average molecular weight is 265 g/mol. The van der Waals surface area contributed by atoms with E-state index < -0.39 is 5.60 Å². The first-order chi connectivity index (χ1) is 8.60. The van der Waals surface area contributed by atoms with Gasteiger partial charge in [-0.25, -0.2) is 4.79 Å². The lowest BCUT2D eigenvalue weighted by atomic mass is 9.83. The van der Waals surface area contributed by atoms with Gasteiger partial charge in [0.15, 0.2) is 0 Å². The number of ether oxygens (including phenoxy) is 1. The van der Waals surface area contributed by atoms with Gasteiger partial charge < -0.3 is 9.64 Å². The Morgan fingerprint density at radius 2 is 2.05 bits per heavy atom. The van der Waals surface area contributed by atoms with Gasteiger partial charge in [-0.1, -0.05) is 13.8 Å². The third-order valence-corrected chi connectivity index (χ3v) is 3.30. The van der Waals surface area contributed by atoms with E-state index in [1.807, 2.05) is 27.7 Å². The van der Waals surface area contributed by atoms with Crippen LogP contribution >= 0.6 is 0 Å². The largest absolute Gasteiger partial charge is 0.444 e. The molecule has 1 N–H and O–H groups in total. The number of aromatic nitrogens is 2. The minimum Gasteiger partial charge on any atom is -0.444 e. The van der Waals surface area contributed by atoms with E-state index >= 15 is 0 Å². The lowest BCUT2D eigenvalue weighted by Gasteiger charge is -2.37. The summed E-state index contributed by atoms with van der Waals surface area (Å²) in [7, 11) is 0. The number of nitrogens with zero attached hydrogens (tertiary/aromatic N) is 2. The number of hydrogen-bond donors (Lipinski definition) is 1. The first kappa shape index (κ1) is 13.9. The molecule has 1 amide bonds. The van der Waals surface area contributed by atoms with Gasteiger partial charge in [0.25, 0.3) is 0 Å². The molecular weight excluding hydrogens is 242 g/mol. The summed E-state index contributed by atoms with van der Waals surface area (Å²) in [6, 6.07) is 0. The smallest absolute Gasteiger partial charge is 0.410 e. The van der Waals surface area contributed by atoms with Gasteiger partial charge in [0.1, 0.15) is 5.60 Å². The molecule has 0 saturated heterocycles. The van der Waals surface area contributed by atoms with E-state index in [0.29, 0.717) is 13.1 Å². The number of H-pyrrole nitrogens is 1. The normalized spacial score (nSPS) is 18.1. The first-order valence-corrected chi connectivity index (χ1v) is 6.62. The Kier molecular flexibility index (Phi) is 3.11. The topological polar surface area (TPSA) is 58.2 Å². The highest BCUT2D eigenvalue weighted by molar-refractivity contribution is 5.69. The van der Waals surface area contributed by atoms with E-state index in [-0.39, 0.29) is 11.5 Å². The second-order valence-electron chi connectivity index (χ2n) is 6.90. The van der Waals surface area contributed by atoms with Crippen LogP contribution in [-0.4, -0.2) is 33.3 Å². The second kappa shape index (κ2) is 4.25. The van der Waals surface area contributed by atoms with Crippen LogP contribution in [0.2, 0.25) is 0 Å². The Hall–Kier alpha value is -1.52. The van der Waals surface area contributed by atoms with Crippen LogP contribution in [0.15, 0.2) is 0 Å². The fourth-order valence-corrected chi connectivity index (χ4v) is 2.46. The quantitative estimate of drug-likeness (QED) is 0.784.